The normalized spacial score (nSPS) is 10.7. The lowest BCUT2D eigenvalue weighted by Gasteiger charge is -1.99. The smallest absolute Gasteiger partial charge is 0.124 e. The standard InChI is InChI=1S/C10H14N4O/c1-14-8-9(6-12-14)2-4-11-7-10-3-5-15-13-10/h3,5-6,8,11H,2,4,7H2,1H3. The van der Waals surface area contributed by atoms with Gasteiger partial charge in [-0.3, -0.25) is 4.68 Å². The minimum atomic E-state index is 0.747. The Balaban J connectivity index is 1.67. The first-order valence-corrected chi connectivity index (χ1v) is 4.92. The van der Waals surface area contributed by atoms with Crippen LogP contribution in [0.3, 0.4) is 0 Å². The van der Waals surface area contributed by atoms with E-state index in [9.17, 15) is 0 Å². The number of nitrogens with zero attached hydrogens (tertiary/aromatic N) is 3. The molecule has 0 atom stereocenters. The highest BCUT2D eigenvalue weighted by Gasteiger charge is 1.97. The fourth-order valence-corrected chi connectivity index (χ4v) is 1.38. The summed E-state index contributed by atoms with van der Waals surface area (Å²) in [6.45, 7) is 1.66. The molecular formula is C10H14N4O. The van der Waals surface area contributed by atoms with Crippen molar-refractivity contribution in [3.05, 3.63) is 36.0 Å². The van der Waals surface area contributed by atoms with E-state index in [0.29, 0.717) is 0 Å². The fourth-order valence-electron chi connectivity index (χ4n) is 1.38. The van der Waals surface area contributed by atoms with Crippen molar-refractivity contribution >= 4 is 0 Å². The highest BCUT2D eigenvalue weighted by Crippen LogP contribution is 1.97. The summed E-state index contributed by atoms with van der Waals surface area (Å²) >= 11 is 0. The zero-order valence-corrected chi connectivity index (χ0v) is 8.68. The Kier molecular flexibility index (Phi) is 3.14. The average Bonchev–Trinajstić information content (AvgIpc) is 2.84. The molecule has 5 heteroatoms. The van der Waals surface area contributed by atoms with Crippen molar-refractivity contribution in [3.8, 4) is 0 Å². The lowest BCUT2D eigenvalue weighted by molar-refractivity contribution is 0.408. The Morgan fingerprint density at radius 3 is 3.13 bits per heavy atom. The van der Waals surface area contributed by atoms with E-state index in [1.165, 1.54) is 5.56 Å². The molecule has 15 heavy (non-hydrogen) atoms. The van der Waals surface area contributed by atoms with Crippen LogP contribution in [0.2, 0.25) is 0 Å². The Morgan fingerprint density at radius 2 is 2.47 bits per heavy atom. The Hall–Kier alpha value is -1.62. The zero-order valence-electron chi connectivity index (χ0n) is 8.68. The molecule has 2 heterocycles. The second kappa shape index (κ2) is 4.75. The van der Waals surface area contributed by atoms with Crippen molar-refractivity contribution in [3.63, 3.8) is 0 Å². The van der Waals surface area contributed by atoms with Gasteiger partial charge in [0.15, 0.2) is 0 Å². The lowest BCUT2D eigenvalue weighted by atomic mass is 10.2. The maximum absolute atomic E-state index is 4.73. The Morgan fingerprint density at radius 1 is 1.53 bits per heavy atom. The maximum atomic E-state index is 4.73. The first kappa shape index (κ1) is 9.92. The summed E-state index contributed by atoms with van der Waals surface area (Å²) in [4.78, 5) is 0. The number of hydrogen-bond acceptors (Lipinski definition) is 4. The third kappa shape index (κ3) is 2.92. The predicted molar refractivity (Wildman–Crippen MR) is 55.1 cm³/mol. The molecule has 0 bridgehead atoms. The molecule has 0 saturated heterocycles. The second-order valence-electron chi connectivity index (χ2n) is 3.44. The molecule has 2 aromatic heterocycles. The molecule has 0 spiro atoms. The van der Waals surface area contributed by atoms with Gasteiger partial charge in [-0.15, -0.1) is 0 Å². The molecule has 0 amide bonds. The first-order valence-electron chi connectivity index (χ1n) is 4.92. The van der Waals surface area contributed by atoms with Gasteiger partial charge in [-0.25, -0.2) is 0 Å². The van der Waals surface area contributed by atoms with Gasteiger partial charge in [0.1, 0.15) is 6.26 Å². The van der Waals surface area contributed by atoms with Crippen molar-refractivity contribution in [1.29, 1.82) is 0 Å². The summed E-state index contributed by atoms with van der Waals surface area (Å²) in [6.07, 6.45) is 6.47. The molecule has 0 saturated carbocycles. The van der Waals surface area contributed by atoms with Gasteiger partial charge < -0.3 is 9.84 Å². The van der Waals surface area contributed by atoms with Gasteiger partial charge >= 0.3 is 0 Å². The van der Waals surface area contributed by atoms with Gasteiger partial charge in [-0.2, -0.15) is 5.10 Å². The quantitative estimate of drug-likeness (QED) is 0.733. The molecule has 0 aliphatic carbocycles. The average molecular weight is 206 g/mol. The topological polar surface area (TPSA) is 55.9 Å². The van der Waals surface area contributed by atoms with Crippen molar-refractivity contribution < 1.29 is 4.52 Å². The number of aromatic nitrogens is 3. The van der Waals surface area contributed by atoms with E-state index in [-0.39, 0.29) is 0 Å². The molecule has 80 valence electrons. The second-order valence-corrected chi connectivity index (χ2v) is 3.44. The number of aryl methyl sites for hydroxylation is 1. The SMILES string of the molecule is Cn1cc(CCNCc2ccon2)cn1. The van der Waals surface area contributed by atoms with E-state index in [1.807, 2.05) is 30.2 Å². The highest BCUT2D eigenvalue weighted by atomic mass is 16.5. The third-order valence-electron chi connectivity index (χ3n) is 2.15. The van der Waals surface area contributed by atoms with Gasteiger partial charge in [0.2, 0.25) is 0 Å². The number of rotatable bonds is 5. The van der Waals surface area contributed by atoms with E-state index in [0.717, 1.165) is 25.2 Å². The molecule has 0 aromatic carbocycles. The molecule has 0 unspecified atom stereocenters. The van der Waals surface area contributed by atoms with Gasteiger partial charge in [0.05, 0.1) is 11.9 Å². The molecule has 2 aromatic rings. The zero-order chi connectivity index (χ0) is 10.5. The Labute approximate surface area is 88.1 Å². The van der Waals surface area contributed by atoms with E-state index < -0.39 is 0 Å². The predicted octanol–water partition coefficient (Wildman–Crippen LogP) is 0.740. The maximum Gasteiger partial charge on any atom is 0.124 e. The van der Waals surface area contributed by atoms with Crippen LogP contribution in [0.25, 0.3) is 0 Å². The van der Waals surface area contributed by atoms with Gasteiger partial charge in [-0.1, -0.05) is 5.16 Å². The van der Waals surface area contributed by atoms with Crippen LogP contribution < -0.4 is 5.32 Å². The summed E-state index contributed by atoms with van der Waals surface area (Å²) in [5, 5.41) is 11.2. The number of nitrogens with one attached hydrogen (secondary N) is 1. The fraction of sp³-hybridized carbons (Fsp3) is 0.400. The van der Waals surface area contributed by atoms with Crippen LogP contribution in [0.5, 0.6) is 0 Å². The van der Waals surface area contributed by atoms with Crippen LogP contribution in [-0.4, -0.2) is 21.5 Å². The molecule has 1 N–H and O–H groups in total. The van der Waals surface area contributed by atoms with E-state index in [2.05, 4.69) is 15.6 Å². The minimum absolute atomic E-state index is 0.747. The third-order valence-corrected chi connectivity index (χ3v) is 2.15. The molecular weight excluding hydrogens is 192 g/mol. The lowest BCUT2D eigenvalue weighted by Crippen LogP contribution is -2.16. The van der Waals surface area contributed by atoms with Crippen molar-refractivity contribution in [2.24, 2.45) is 7.05 Å². The summed E-state index contributed by atoms with van der Waals surface area (Å²) in [5.74, 6) is 0. The van der Waals surface area contributed by atoms with Crippen molar-refractivity contribution in [1.82, 2.24) is 20.3 Å². The van der Waals surface area contributed by atoms with Crippen LogP contribution in [0, 0.1) is 0 Å². The molecule has 0 radical (unpaired) electrons. The van der Waals surface area contributed by atoms with Crippen LogP contribution in [-0.2, 0) is 20.0 Å². The summed E-state index contributed by atoms with van der Waals surface area (Å²) in [6, 6.07) is 1.86. The van der Waals surface area contributed by atoms with Gasteiger partial charge in [-0.05, 0) is 18.5 Å². The molecule has 0 fully saturated rings. The molecule has 0 aliphatic heterocycles. The molecule has 5 nitrogen and oxygen atoms in total. The monoisotopic (exact) mass is 206 g/mol. The van der Waals surface area contributed by atoms with E-state index in [1.54, 1.807) is 6.26 Å². The van der Waals surface area contributed by atoms with Crippen LogP contribution in [0.4, 0.5) is 0 Å². The molecule has 0 aliphatic rings. The van der Waals surface area contributed by atoms with Gasteiger partial charge in [0.25, 0.3) is 0 Å². The molecule has 2 rings (SSSR count). The van der Waals surface area contributed by atoms with Crippen LogP contribution in [0.15, 0.2) is 29.2 Å². The number of hydrogen-bond donors (Lipinski definition) is 1. The highest BCUT2D eigenvalue weighted by molar-refractivity contribution is 5.04. The van der Waals surface area contributed by atoms with Crippen molar-refractivity contribution in [2.75, 3.05) is 6.54 Å². The minimum Gasteiger partial charge on any atom is -0.364 e. The first-order chi connectivity index (χ1) is 7.34. The summed E-state index contributed by atoms with van der Waals surface area (Å²) in [5.41, 5.74) is 2.17. The van der Waals surface area contributed by atoms with E-state index >= 15 is 0 Å². The largest absolute Gasteiger partial charge is 0.364 e. The van der Waals surface area contributed by atoms with Crippen LogP contribution >= 0.6 is 0 Å². The van der Waals surface area contributed by atoms with Crippen molar-refractivity contribution in [2.45, 2.75) is 13.0 Å². The summed E-state index contributed by atoms with van der Waals surface area (Å²) < 4.78 is 6.54. The summed E-state index contributed by atoms with van der Waals surface area (Å²) in [7, 11) is 1.92. The van der Waals surface area contributed by atoms with Gasteiger partial charge in [0, 0.05) is 25.9 Å². The van der Waals surface area contributed by atoms with E-state index in [4.69, 9.17) is 4.52 Å². The Bertz CT molecular complexity index is 393. The van der Waals surface area contributed by atoms with Crippen LogP contribution in [0.1, 0.15) is 11.3 Å².